The van der Waals surface area contributed by atoms with Crippen LogP contribution in [-0.2, 0) is 11.3 Å². The predicted molar refractivity (Wildman–Crippen MR) is 135 cm³/mol. The number of ketones is 1. The number of carbonyl (C=O) groups excluding carboxylic acids is 2. The lowest BCUT2D eigenvalue weighted by Gasteiger charge is -2.26. The van der Waals surface area contributed by atoms with Gasteiger partial charge in [0.1, 0.15) is 5.65 Å². The second kappa shape index (κ2) is 9.53. The van der Waals surface area contributed by atoms with Gasteiger partial charge in [-0.15, -0.1) is 0 Å². The Morgan fingerprint density at radius 3 is 2.44 bits per heavy atom. The zero-order valence-electron chi connectivity index (χ0n) is 18.6. The molecule has 0 fully saturated rings. The van der Waals surface area contributed by atoms with Crippen LogP contribution in [0.15, 0.2) is 91.5 Å². The van der Waals surface area contributed by atoms with Crippen molar-refractivity contribution >= 4 is 45.4 Å². The maximum Gasteiger partial charge on any atom is 0.248 e. The van der Waals surface area contributed by atoms with Crippen molar-refractivity contribution in [2.24, 2.45) is 5.73 Å². The number of hydrogen-bond donors (Lipinski definition) is 2. The number of aromatic amines is 1. The van der Waals surface area contributed by atoms with Gasteiger partial charge in [0.05, 0.1) is 28.8 Å². The minimum atomic E-state index is -2.63. The van der Waals surface area contributed by atoms with E-state index in [-0.39, 0.29) is 5.78 Å². The molecule has 0 aliphatic carbocycles. The largest absolute Gasteiger partial charge is 0.755 e. The van der Waals surface area contributed by atoms with Crippen molar-refractivity contribution in [1.82, 2.24) is 15.0 Å². The smallest absolute Gasteiger partial charge is 0.248 e. The Balaban J connectivity index is 1.54. The van der Waals surface area contributed by atoms with E-state index in [0.717, 1.165) is 9.87 Å². The molecule has 2 aromatic carbocycles. The fraction of sp³-hybridized carbons (Fsp3) is 0. The third-order valence-electron chi connectivity index (χ3n) is 5.63. The van der Waals surface area contributed by atoms with Crippen LogP contribution < -0.4 is 10.0 Å². The highest BCUT2D eigenvalue weighted by Crippen LogP contribution is 2.30. The molecule has 36 heavy (non-hydrogen) atoms. The molecule has 5 rings (SSSR count). The topological polar surface area (TPSA) is 145 Å². The van der Waals surface area contributed by atoms with Gasteiger partial charge in [-0.1, -0.05) is 24.3 Å². The van der Waals surface area contributed by atoms with E-state index in [1.165, 1.54) is 12.3 Å². The minimum absolute atomic E-state index is 0.295. The van der Waals surface area contributed by atoms with Crippen molar-refractivity contribution < 1.29 is 18.4 Å². The molecule has 9 nitrogen and oxygen atoms in total. The highest BCUT2D eigenvalue weighted by atomic mass is 32.2. The first-order chi connectivity index (χ1) is 17.4. The first-order valence-corrected chi connectivity index (χ1v) is 11.8. The second-order valence-corrected chi connectivity index (χ2v) is 8.67. The van der Waals surface area contributed by atoms with Gasteiger partial charge in [0.2, 0.25) is 5.91 Å². The van der Waals surface area contributed by atoms with Crippen molar-refractivity contribution in [3.05, 3.63) is 108 Å². The third kappa shape index (κ3) is 4.38. The summed E-state index contributed by atoms with van der Waals surface area (Å²) >= 11 is -2.63. The van der Waals surface area contributed by atoms with Gasteiger partial charge in [-0.2, -0.15) is 0 Å². The van der Waals surface area contributed by atoms with E-state index in [1.54, 1.807) is 67.1 Å². The summed E-state index contributed by atoms with van der Waals surface area (Å²) in [5, 5.41) is 0.587. The summed E-state index contributed by atoms with van der Waals surface area (Å²) < 4.78 is 25.0. The number of H-pyrrole nitrogens is 1. The number of hydrogen-bond acceptors (Lipinski definition) is 6. The molecule has 10 heteroatoms. The molecule has 3 heterocycles. The van der Waals surface area contributed by atoms with E-state index < -0.39 is 17.2 Å². The Morgan fingerprint density at radius 1 is 0.917 bits per heavy atom. The monoisotopic (exact) mass is 496 g/mol. The maximum atomic E-state index is 13.5. The fourth-order valence-electron chi connectivity index (χ4n) is 3.93. The number of fused-ring (bicyclic) bond motifs is 1. The molecule has 3 N–H and O–H groups in total. The molecule has 178 valence electrons. The number of nitrogens with zero attached hydrogens (tertiary/aromatic N) is 3. The zero-order chi connectivity index (χ0) is 25.2. The third-order valence-corrected chi connectivity index (χ3v) is 6.35. The van der Waals surface area contributed by atoms with Gasteiger partial charge < -0.3 is 15.3 Å². The molecule has 3 aromatic heterocycles. The molecular formula is C26H18N5O4S-. The first-order valence-electron chi connectivity index (χ1n) is 10.7. The van der Waals surface area contributed by atoms with Crippen molar-refractivity contribution in [2.45, 2.75) is 0 Å². The number of nitrogens with one attached hydrogen (secondary N) is 1. The number of aromatic nitrogens is 3. The average molecular weight is 497 g/mol. The number of benzene rings is 2. The van der Waals surface area contributed by atoms with E-state index in [2.05, 4.69) is 15.0 Å². The summed E-state index contributed by atoms with van der Waals surface area (Å²) in [4.78, 5) is 36.5. The van der Waals surface area contributed by atoms with Crippen LogP contribution in [0.25, 0.3) is 22.2 Å². The van der Waals surface area contributed by atoms with Crippen LogP contribution >= 0.6 is 0 Å². The summed E-state index contributed by atoms with van der Waals surface area (Å²) in [6.45, 7) is 0. The van der Waals surface area contributed by atoms with Gasteiger partial charge >= 0.3 is 0 Å². The number of pyridine rings is 2. The molecule has 5 aromatic rings. The molecular weight excluding hydrogens is 478 g/mol. The van der Waals surface area contributed by atoms with E-state index in [9.17, 15) is 18.4 Å². The number of carbonyl (C=O) groups is 2. The standard InChI is InChI=1S/C26H19N5O4S/c27-25(33)18-6-1-4-16(10-18)19-12-22-23(15-30-26(22)29-13-19)24(32)17-5-2-7-20(11-17)31(36(34)35)21-8-3-9-28-14-21/h1-15H,(H2,27,33)(H,29,30)(H,34,35)/p-1. The van der Waals surface area contributed by atoms with Crippen LogP contribution in [-0.4, -0.2) is 35.4 Å². The number of anilines is 2. The SMILES string of the molecule is NC(=O)c1cccc(-c2cnc3[nH]cc(C(=O)c4cccc(N(c5cccnc5)S(=O)[O-])c4)c3c2)c1. The lowest BCUT2D eigenvalue weighted by molar-refractivity contribution is 0.0998. The summed E-state index contributed by atoms with van der Waals surface area (Å²) in [6, 6.07) is 18.2. The number of rotatable bonds is 7. The molecule has 1 amide bonds. The second-order valence-electron chi connectivity index (χ2n) is 7.87. The molecule has 0 saturated carbocycles. The molecule has 1 atom stereocenters. The normalized spacial score (nSPS) is 11.8. The average Bonchev–Trinajstić information content (AvgIpc) is 3.32. The van der Waals surface area contributed by atoms with Crippen LogP contribution in [0, 0.1) is 0 Å². The van der Waals surface area contributed by atoms with E-state index in [4.69, 9.17) is 5.73 Å². The fourth-order valence-corrected chi connectivity index (χ4v) is 4.49. The summed E-state index contributed by atoms with van der Waals surface area (Å²) in [6.07, 6.45) is 6.17. The molecule has 0 aliphatic heterocycles. The van der Waals surface area contributed by atoms with E-state index >= 15 is 0 Å². The van der Waals surface area contributed by atoms with Crippen molar-refractivity contribution in [1.29, 1.82) is 0 Å². The maximum absolute atomic E-state index is 13.5. The van der Waals surface area contributed by atoms with Crippen molar-refractivity contribution in [3.8, 4) is 11.1 Å². The van der Waals surface area contributed by atoms with Crippen molar-refractivity contribution in [3.63, 3.8) is 0 Å². The quantitative estimate of drug-likeness (QED) is 0.258. The molecule has 0 spiro atoms. The Hall–Kier alpha value is -4.67. The Bertz CT molecular complexity index is 1630. The predicted octanol–water partition coefficient (Wildman–Crippen LogP) is 3.89. The Morgan fingerprint density at radius 2 is 1.69 bits per heavy atom. The summed E-state index contributed by atoms with van der Waals surface area (Å²) in [5.41, 5.74) is 9.03. The van der Waals surface area contributed by atoms with Crippen LogP contribution in [0.4, 0.5) is 11.4 Å². The Kier molecular flexibility index (Phi) is 6.11. The first kappa shape index (κ1) is 23.1. The van der Waals surface area contributed by atoms with Gasteiger partial charge in [-0.3, -0.25) is 23.1 Å². The number of nitrogens with two attached hydrogens (primary N) is 1. The van der Waals surface area contributed by atoms with Gasteiger partial charge in [-0.25, -0.2) is 4.98 Å². The highest BCUT2D eigenvalue weighted by Gasteiger charge is 2.18. The number of amides is 1. The van der Waals surface area contributed by atoms with E-state index in [0.29, 0.717) is 44.7 Å². The Labute approximate surface area is 208 Å². The lowest BCUT2D eigenvalue weighted by atomic mass is 10.00. The molecule has 0 bridgehead atoms. The lowest BCUT2D eigenvalue weighted by Crippen LogP contribution is -2.20. The van der Waals surface area contributed by atoms with Gasteiger partial charge in [0, 0.05) is 46.2 Å². The van der Waals surface area contributed by atoms with E-state index in [1.807, 2.05) is 12.1 Å². The molecule has 0 saturated heterocycles. The molecule has 0 aliphatic rings. The minimum Gasteiger partial charge on any atom is -0.755 e. The van der Waals surface area contributed by atoms with Gasteiger partial charge in [0.25, 0.3) is 0 Å². The van der Waals surface area contributed by atoms with Crippen LogP contribution in [0.1, 0.15) is 26.3 Å². The molecule has 1 unspecified atom stereocenters. The summed E-state index contributed by atoms with van der Waals surface area (Å²) in [5.74, 6) is -0.849. The van der Waals surface area contributed by atoms with Gasteiger partial charge in [0.15, 0.2) is 5.78 Å². The van der Waals surface area contributed by atoms with Crippen molar-refractivity contribution in [2.75, 3.05) is 4.31 Å². The van der Waals surface area contributed by atoms with Crippen LogP contribution in [0.5, 0.6) is 0 Å². The number of primary amides is 1. The van der Waals surface area contributed by atoms with Crippen LogP contribution in [0.2, 0.25) is 0 Å². The highest BCUT2D eigenvalue weighted by molar-refractivity contribution is 7.81. The van der Waals surface area contributed by atoms with Crippen LogP contribution in [0.3, 0.4) is 0 Å². The zero-order valence-corrected chi connectivity index (χ0v) is 19.4. The molecule has 0 radical (unpaired) electrons. The summed E-state index contributed by atoms with van der Waals surface area (Å²) in [7, 11) is 0. The van der Waals surface area contributed by atoms with Gasteiger partial charge in [-0.05, 0) is 48.0 Å².